The number of ether oxygens (including phenoxy) is 1. The predicted octanol–water partition coefficient (Wildman–Crippen LogP) is 0.679. The lowest BCUT2D eigenvalue weighted by atomic mass is 9.86. The smallest absolute Gasteiger partial charge is 0.274 e. The summed E-state index contributed by atoms with van der Waals surface area (Å²) in [6.45, 7) is 8.11. The molecule has 0 saturated carbocycles. The molecular formula is C19H31N5O2. The van der Waals surface area contributed by atoms with E-state index in [1.165, 1.54) is 0 Å². The summed E-state index contributed by atoms with van der Waals surface area (Å²) >= 11 is 0. The molecule has 4 heterocycles. The molecule has 4 rings (SSSR count). The van der Waals surface area contributed by atoms with E-state index in [4.69, 9.17) is 4.74 Å². The summed E-state index contributed by atoms with van der Waals surface area (Å²) in [6.07, 6.45) is 6.64. The molecular weight excluding hydrogens is 330 g/mol. The average molecular weight is 361 g/mol. The van der Waals surface area contributed by atoms with Crippen LogP contribution in [0.3, 0.4) is 0 Å². The minimum Gasteiger partial charge on any atom is -0.373 e. The number of aryl methyl sites for hydroxylation is 1. The summed E-state index contributed by atoms with van der Waals surface area (Å²) in [4.78, 5) is 23.9. The molecule has 3 aliphatic heterocycles. The number of hydrogen-bond acceptors (Lipinski definition) is 5. The molecule has 2 atom stereocenters. The Bertz CT molecular complexity index is 640. The molecule has 0 unspecified atom stereocenters. The number of amides is 1. The van der Waals surface area contributed by atoms with Crippen LogP contribution in [0.4, 0.5) is 0 Å². The van der Waals surface area contributed by atoms with E-state index < -0.39 is 0 Å². The summed E-state index contributed by atoms with van der Waals surface area (Å²) in [5, 5.41) is 0. The second kappa shape index (κ2) is 7.29. The van der Waals surface area contributed by atoms with Gasteiger partial charge in [-0.25, -0.2) is 4.98 Å². The number of piperidine rings is 1. The van der Waals surface area contributed by atoms with Gasteiger partial charge in [-0.1, -0.05) is 0 Å². The average Bonchev–Trinajstić information content (AvgIpc) is 3.23. The van der Waals surface area contributed by atoms with Gasteiger partial charge in [0, 0.05) is 52.5 Å². The standard InChI is InChI=1S/C19H31N5O2/c1-21-6-8-23(9-7-21)11-16-10-19(26-13-16)4-3-5-24(14-19)18(25)17-12-22(2)15-20-17/h12,15-16H,3-11,13-14H2,1-2H3/t16-,19+/m0/s1. The third-order valence-electron chi connectivity index (χ3n) is 6.15. The van der Waals surface area contributed by atoms with Crippen molar-refractivity contribution in [1.29, 1.82) is 0 Å². The number of hydrogen-bond donors (Lipinski definition) is 0. The van der Waals surface area contributed by atoms with Gasteiger partial charge in [0.15, 0.2) is 0 Å². The van der Waals surface area contributed by atoms with Crippen LogP contribution in [0.15, 0.2) is 12.5 Å². The molecule has 1 aromatic heterocycles. The van der Waals surface area contributed by atoms with E-state index in [0.29, 0.717) is 18.2 Å². The van der Waals surface area contributed by atoms with E-state index in [1.54, 1.807) is 12.5 Å². The Hall–Kier alpha value is -1.44. The Morgan fingerprint density at radius 3 is 2.81 bits per heavy atom. The summed E-state index contributed by atoms with van der Waals surface area (Å²) < 4.78 is 8.15. The second-order valence-corrected chi connectivity index (χ2v) is 8.42. The van der Waals surface area contributed by atoms with Crippen molar-refractivity contribution in [1.82, 2.24) is 24.3 Å². The first-order valence-electron chi connectivity index (χ1n) is 9.85. The third-order valence-corrected chi connectivity index (χ3v) is 6.15. The van der Waals surface area contributed by atoms with Crippen molar-refractivity contribution in [2.75, 3.05) is 59.5 Å². The fourth-order valence-electron chi connectivity index (χ4n) is 4.69. The third kappa shape index (κ3) is 3.80. The van der Waals surface area contributed by atoms with Crippen LogP contribution < -0.4 is 0 Å². The lowest BCUT2D eigenvalue weighted by Gasteiger charge is -2.39. The fraction of sp³-hybridized carbons (Fsp3) is 0.789. The van der Waals surface area contributed by atoms with E-state index in [0.717, 1.165) is 65.1 Å². The summed E-state index contributed by atoms with van der Waals surface area (Å²) in [6, 6.07) is 0. The lowest BCUT2D eigenvalue weighted by Crippen LogP contribution is -2.50. The number of carbonyl (C=O) groups is 1. The van der Waals surface area contributed by atoms with Gasteiger partial charge in [0.2, 0.25) is 0 Å². The normalized spacial score (nSPS) is 31.0. The molecule has 1 aromatic rings. The van der Waals surface area contributed by atoms with Crippen LogP contribution >= 0.6 is 0 Å². The number of nitrogens with zero attached hydrogens (tertiary/aromatic N) is 5. The number of aromatic nitrogens is 2. The van der Waals surface area contributed by atoms with Crippen molar-refractivity contribution < 1.29 is 9.53 Å². The molecule has 1 amide bonds. The van der Waals surface area contributed by atoms with Crippen molar-refractivity contribution in [3.05, 3.63) is 18.2 Å². The predicted molar refractivity (Wildman–Crippen MR) is 99.1 cm³/mol. The molecule has 1 spiro atoms. The highest BCUT2D eigenvalue weighted by atomic mass is 16.5. The Balaban J connectivity index is 1.34. The molecule has 0 radical (unpaired) electrons. The van der Waals surface area contributed by atoms with Gasteiger partial charge in [-0.2, -0.15) is 0 Å². The maximum absolute atomic E-state index is 12.8. The lowest BCUT2D eigenvalue weighted by molar-refractivity contribution is -0.0451. The van der Waals surface area contributed by atoms with Crippen LogP contribution in [0.2, 0.25) is 0 Å². The molecule has 0 aromatic carbocycles. The van der Waals surface area contributed by atoms with Gasteiger partial charge in [0.05, 0.1) is 25.1 Å². The van der Waals surface area contributed by atoms with E-state index in [-0.39, 0.29) is 11.5 Å². The van der Waals surface area contributed by atoms with Gasteiger partial charge in [0.1, 0.15) is 5.69 Å². The van der Waals surface area contributed by atoms with Gasteiger partial charge >= 0.3 is 0 Å². The number of rotatable bonds is 3. The molecule has 0 bridgehead atoms. The van der Waals surface area contributed by atoms with Crippen molar-refractivity contribution in [3.8, 4) is 0 Å². The van der Waals surface area contributed by atoms with Gasteiger partial charge in [0.25, 0.3) is 5.91 Å². The van der Waals surface area contributed by atoms with Crippen LogP contribution in [0.5, 0.6) is 0 Å². The van der Waals surface area contributed by atoms with Crippen LogP contribution in [-0.4, -0.2) is 95.2 Å². The second-order valence-electron chi connectivity index (χ2n) is 8.42. The first-order chi connectivity index (χ1) is 12.5. The fourth-order valence-corrected chi connectivity index (χ4v) is 4.69. The van der Waals surface area contributed by atoms with Crippen molar-refractivity contribution in [3.63, 3.8) is 0 Å². The number of likely N-dealkylation sites (tertiary alicyclic amines) is 1. The minimum absolute atomic E-state index is 0.0378. The quantitative estimate of drug-likeness (QED) is 0.792. The zero-order valence-electron chi connectivity index (χ0n) is 16.1. The Kier molecular flexibility index (Phi) is 5.03. The Morgan fingerprint density at radius 2 is 2.08 bits per heavy atom. The van der Waals surface area contributed by atoms with Crippen LogP contribution in [0.25, 0.3) is 0 Å². The molecule has 3 aliphatic rings. The highest BCUT2D eigenvalue weighted by Gasteiger charge is 2.45. The highest BCUT2D eigenvalue weighted by Crippen LogP contribution is 2.38. The molecule has 0 aliphatic carbocycles. The molecule has 3 saturated heterocycles. The summed E-state index contributed by atoms with van der Waals surface area (Å²) in [5.41, 5.74) is 0.400. The molecule has 3 fully saturated rings. The van der Waals surface area contributed by atoms with E-state index >= 15 is 0 Å². The number of likely N-dealkylation sites (N-methyl/N-ethyl adjacent to an activating group) is 1. The maximum Gasteiger partial charge on any atom is 0.274 e. The van der Waals surface area contributed by atoms with Crippen molar-refractivity contribution in [2.45, 2.75) is 24.9 Å². The Morgan fingerprint density at radius 1 is 1.27 bits per heavy atom. The molecule has 0 N–H and O–H groups in total. The minimum atomic E-state index is -0.139. The molecule has 7 nitrogen and oxygen atoms in total. The van der Waals surface area contributed by atoms with Crippen LogP contribution in [0, 0.1) is 5.92 Å². The van der Waals surface area contributed by atoms with Gasteiger partial charge < -0.3 is 24.0 Å². The summed E-state index contributed by atoms with van der Waals surface area (Å²) in [7, 11) is 4.09. The van der Waals surface area contributed by atoms with E-state index in [9.17, 15) is 4.79 Å². The maximum atomic E-state index is 12.8. The zero-order chi connectivity index (χ0) is 18.1. The largest absolute Gasteiger partial charge is 0.373 e. The zero-order valence-corrected chi connectivity index (χ0v) is 16.1. The first kappa shape index (κ1) is 17.9. The number of piperazine rings is 1. The van der Waals surface area contributed by atoms with Gasteiger partial charge in [-0.3, -0.25) is 4.79 Å². The summed E-state index contributed by atoms with van der Waals surface area (Å²) in [5.74, 6) is 0.624. The van der Waals surface area contributed by atoms with Crippen molar-refractivity contribution >= 4 is 5.91 Å². The van der Waals surface area contributed by atoms with E-state index in [1.807, 2.05) is 16.5 Å². The monoisotopic (exact) mass is 361 g/mol. The SMILES string of the molecule is CN1CCN(C[C@H]2CO[C@]3(CCCN(C(=O)c4cn(C)cn4)C3)C2)CC1. The van der Waals surface area contributed by atoms with Gasteiger partial charge in [-0.05, 0) is 32.2 Å². The number of imidazole rings is 1. The molecule has 144 valence electrons. The number of carbonyl (C=O) groups excluding carboxylic acids is 1. The van der Waals surface area contributed by atoms with Crippen LogP contribution in [0.1, 0.15) is 29.8 Å². The molecule has 7 heteroatoms. The van der Waals surface area contributed by atoms with Gasteiger partial charge in [-0.15, -0.1) is 0 Å². The highest BCUT2D eigenvalue weighted by molar-refractivity contribution is 5.92. The Labute approximate surface area is 155 Å². The topological polar surface area (TPSA) is 53.8 Å². The first-order valence-corrected chi connectivity index (χ1v) is 9.85. The van der Waals surface area contributed by atoms with Crippen molar-refractivity contribution in [2.24, 2.45) is 13.0 Å². The molecule has 26 heavy (non-hydrogen) atoms. The van der Waals surface area contributed by atoms with E-state index in [2.05, 4.69) is 21.8 Å². The van der Waals surface area contributed by atoms with Crippen LogP contribution in [-0.2, 0) is 11.8 Å².